The minimum atomic E-state index is 0.0135. The van der Waals surface area contributed by atoms with Crippen molar-refractivity contribution in [2.24, 2.45) is 0 Å². The summed E-state index contributed by atoms with van der Waals surface area (Å²) in [6.07, 6.45) is 6.83. The van der Waals surface area contributed by atoms with Gasteiger partial charge >= 0.3 is 0 Å². The van der Waals surface area contributed by atoms with Crippen molar-refractivity contribution in [3.8, 4) is 5.69 Å². The van der Waals surface area contributed by atoms with E-state index >= 15 is 0 Å². The highest BCUT2D eigenvalue weighted by atomic mass is 16.3. The molecule has 2 aromatic rings. The second-order valence-corrected chi connectivity index (χ2v) is 5.69. The number of benzene rings is 1. The number of likely N-dealkylation sites (tertiary alicyclic amines) is 1. The van der Waals surface area contributed by atoms with Gasteiger partial charge in [-0.1, -0.05) is 18.2 Å². The summed E-state index contributed by atoms with van der Waals surface area (Å²) in [4.78, 5) is 14.1. The molecule has 0 bridgehead atoms. The van der Waals surface area contributed by atoms with Crippen LogP contribution in [-0.4, -0.2) is 44.9 Å². The fourth-order valence-corrected chi connectivity index (χ4v) is 2.96. The fraction of sp³-hybridized carbons (Fsp3) is 0.412. The summed E-state index contributed by atoms with van der Waals surface area (Å²) in [6, 6.07) is 9.93. The average Bonchev–Trinajstić information content (AvgIpc) is 3.22. The van der Waals surface area contributed by atoms with E-state index in [9.17, 15) is 9.90 Å². The summed E-state index contributed by atoms with van der Waals surface area (Å²) in [6.45, 7) is 0.838. The number of aromatic nitrogens is 2. The van der Waals surface area contributed by atoms with Crippen LogP contribution in [0.25, 0.3) is 5.69 Å². The highest BCUT2D eigenvalue weighted by Gasteiger charge is 2.27. The molecule has 3 rings (SSSR count). The molecule has 1 saturated heterocycles. The predicted molar refractivity (Wildman–Crippen MR) is 83.7 cm³/mol. The average molecular weight is 299 g/mol. The van der Waals surface area contributed by atoms with Crippen LogP contribution >= 0.6 is 0 Å². The molecular formula is C17H21N3O2. The molecular weight excluding hydrogens is 278 g/mol. The number of amides is 1. The molecule has 0 radical (unpaired) electrons. The first-order chi connectivity index (χ1) is 10.8. The van der Waals surface area contributed by atoms with E-state index in [1.54, 1.807) is 0 Å². The van der Waals surface area contributed by atoms with E-state index in [4.69, 9.17) is 0 Å². The van der Waals surface area contributed by atoms with Gasteiger partial charge in [0.15, 0.2) is 0 Å². The Kier molecular flexibility index (Phi) is 4.53. The molecule has 0 unspecified atom stereocenters. The zero-order valence-electron chi connectivity index (χ0n) is 12.6. The lowest BCUT2D eigenvalue weighted by molar-refractivity contribution is -0.132. The monoisotopic (exact) mass is 299 g/mol. The van der Waals surface area contributed by atoms with Crippen LogP contribution in [0.4, 0.5) is 0 Å². The van der Waals surface area contributed by atoms with Gasteiger partial charge in [0.2, 0.25) is 5.91 Å². The van der Waals surface area contributed by atoms with Gasteiger partial charge in [-0.25, -0.2) is 4.68 Å². The van der Waals surface area contributed by atoms with Crippen LogP contribution in [0.15, 0.2) is 42.7 Å². The number of aliphatic hydroxyl groups excluding tert-OH is 1. The van der Waals surface area contributed by atoms with Gasteiger partial charge in [0.05, 0.1) is 24.5 Å². The zero-order chi connectivity index (χ0) is 15.4. The molecule has 5 heteroatoms. The second-order valence-electron chi connectivity index (χ2n) is 5.69. The predicted octanol–water partition coefficient (Wildman–Crippen LogP) is 1.79. The van der Waals surface area contributed by atoms with Crippen LogP contribution < -0.4 is 0 Å². The summed E-state index contributed by atoms with van der Waals surface area (Å²) in [5.74, 6) is 0.129. The van der Waals surface area contributed by atoms with Crippen molar-refractivity contribution in [3.63, 3.8) is 0 Å². The van der Waals surface area contributed by atoms with Crippen molar-refractivity contribution in [1.29, 1.82) is 0 Å². The van der Waals surface area contributed by atoms with Gasteiger partial charge < -0.3 is 10.0 Å². The Morgan fingerprint density at radius 2 is 2.14 bits per heavy atom. The summed E-state index contributed by atoms with van der Waals surface area (Å²) in [7, 11) is 0. The zero-order valence-corrected chi connectivity index (χ0v) is 12.6. The molecule has 1 aliphatic rings. The third-order valence-electron chi connectivity index (χ3n) is 4.19. The normalized spacial score (nSPS) is 17.9. The van der Waals surface area contributed by atoms with Crippen molar-refractivity contribution < 1.29 is 9.90 Å². The molecule has 116 valence electrons. The van der Waals surface area contributed by atoms with Gasteiger partial charge in [0, 0.05) is 19.2 Å². The van der Waals surface area contributed by atoms with E-state index in [1.807, 2.05) is 52.3 Å². The number of nitrogens with zero attached hydrogens (tertiary/aromatic N) is 3. The van der Waals surface area contributed by atoms with Crippen LogP contribution in [0, 0.1) is 0 Å². The van der Waals surface area contributed by atoms with E-state index in [0.29, 0.717) is 12.8 Å². The van der Waals surface area contributed by atoms with Gasteiger partial charge in [0.25, 0.3) is 0 Å². The molecule has 1 atom stereocenters. The van der Waals surface area contributed by atoms with Gasteiger partial charge in [-0.15, -0.1) is 0 Å². The van der Waals surface area contributed by atoms with Crippen LogP contribution in [0.5, 0.6) is 0 Å². The quantitative estimate of drug-likeness (QED) is 0.915. The molecule has 1 fully saturated rings. The first-order valence-corrected chi connectivity index (χ1v) is 7.77. The van der Waals surface area contributed by atoms with Gasteiger partial charge in [-0.2, -0.15) is 5.10 Å². The lowest BCUT2D eigenvalue weighted by atomic mass is 10.1. The number of hydrogen-bond donors (Lipinski definition) is 1. The molecule has 1 aliphatic heterocycles. The van der Waals surface area contributed by atoms with Crippen LogP contribution in [0.3, 0.4) is 0 Å². The molecule has 0 aliphatic carbocycles. The Balaban J connectivity index is 1.58. The van der Waals surface area contributed by atoms with Crippen LogP contribution in [0.1, 0.15) is 24.8 Å². The number of rotatable bonds is 5. The number of carbonyl (C=O) groups is 1. The van der Waals surface area contributed by atoms with Gasteiger partial charge in [-0.05, 0) is 37.0 Å². The number of carbonyl (C=O) groups excluding carboxylic acids is 1. The lowest BCUT2D eigenvalue weighted by Crippen LogP contribution is -2.37. The summed E-state index contributed by atoms with van der Waals surface area (Å²) in [5, 5.41) is 13.6. The van der Waals surface area contributed by atoms with Gasteiger partial charge in [-0.3, -0.25) is 4.79 Å². The number of para-hydroxylation sites is 1. The minimum Gasteiger partial charge on any atom is -0.394 e. The summed E-state index contributed by atoms with van der Waals surface area (Å²) >= 11 is 0. The molecule has 0 saturated carbocycles. The Bertz CT molecular complexity index is 624. The number of aliphatic hydroxyl groups is 1. The maximum Gasteiger partial charge on any atom is 0.223 e. The van der Waals surface area contributed by atoms with E-state index in [2.05, 4.69) is 5.10 Å². The summed E-state index contributed by atoms with van der Waals surface area (Å²) in [5.41, 5.74) is 2.07. The van der Waals surface area contributed by atoms with E-state index in [1.165, 1.54) is 0 Å². The Labute approximate surface area is 130 Å². The van der Waals surface area contributed by atoms with Crippen molar-refractivity contribution in [2.45, 2.75) is 31.7 Å². The molecule has 1 aromatic heterocycles. The fourth-order valence-electron chi connectivity index (χ4n) is 2.96. The van der Waals surface area contributed by atoms with Crippen molar-refractivity contribution in [1.82, 2.24) is 14.7 Å². The SMILES string of the molecule is O=C(CCc1cnn(-c2ccccc2)c1)N1CCC[C@@H]1CO. The highest BCUT2D eigenvalue weighted by Crippen LogP contribution is 2.18. The largest absolute Gasteiger partial charge is 0.394 e. The Hall–Kier alpha value is -2.14. The topological polar surface area (TPSA) is 58.4 Å². The Morgan fingerprint density at radius 3 is 2.91 bits per heavy atom. The first-order valence-electron chi connectivity index (χ1n) is 7.77. The smallest absolute Gasteiger partial charge is 0.223 e. The minimum absolute atomic E-state index is 0.0135. The summed E-state index contributed by atoms with van der Waals surface area (Å²) < 4.78 is 1.83. The number of hydrogen-bond acceptors (Lipinski definition) is 3. The molecule has 2 heterocycles. The van der Waals surface area contributed by atoms with Crippen LogP contribution in [0.2, 0.25) is 0 Å². The van der Waals surface area contributed by atoms with E-state index < -0.39 is 0 Å². The maximum atomic E-state index is 12.3. The Morgan fingerprint density at radius 1 is 1.32 bits per heavy atom. The molecule has 1 amide bonds. The lowest BCUT2D eigenvalue weighted by Gasteiger charge is -2.22. The molecule has 0 spiro atoms. The highest BCUT2D eigenvalue weighted by molar-refractivity contribution is 5.77. The van der Waals surface area contributed by atoms with Gasteiger partial charge in [0.1, 0.15) is 0 Å². The number of aryl methyl sites for hydroxylation is 1. The van der Waals surface area contributed by atoms with Crippen LogP contribution in [-0.2, 0) is 11.2 Å². The molecule has 1 N–H and O–H groups in total. The van der Waals surface area contributed by atoms with Crippen molar-refractivity contribution >= 4 is 5.91 Å². The third-order valence-corrected chi connectivity index (χ3v) is 4.19. The second kappa shape index (κ2) is 6.75. The molecule has 22 heavy (non-hydrogen) atoms. The first kappa shape index (κ1) is 14.8. The van der Waals surface area contributed by atoms with Crippen molar-refractivity contribution in [3.05, 3.63) is 48.3 Å². The molecule has 1 aromatic carbocycles. The molecule has 5 nitrogen and oxygen atoms in total. The standard InChI is InChI=1S/C17H21N3O2/c21-13-16-7-4-10-19(16)17(22)9-8-14-11-18-20(12-14)15-5-2-1-3-6-15/h1-3,5-6,11-12,16,21H,4,7-10,13H2/t16-/m1/s1. The van der Waals surface area contributed by atoms with E-state index in [0.717, 1.165) is 30.6 Å². The van der Waals surface area contributed by atoms with E-state index in [-0.39, 0.29) is 18.6 Å². The third kappa shape index (κ3) is 3.20. The van der Waals surface area contributed by atoms with Crippen molar-refractivity contribution in [2.75, 3.05) is 13.2 Å². The maximum absolute atomic E-state index is 12.3.